The van der Waals surface area contributed by atoms with Crippen LogP contribution in [0, 0.1) is 0 Å². The second-order valence-corrected chi connectivity index (χ2v) is 5.47. The lowest BCUT2D eigenvalue weighted by Gasteiger charge is -2.31. The van der Waals surface area contributed by atoms with Gasteiger partial charge < -0.3 is 4.90 Å². The summed E-state index contributed by atoms with van der Waals surface area (Å²) in [5.74, 6) is -0.260. The average molecular weight is 338 g/mol. The summed E-state index contributed by atoms with van der Waals surface area (Å²) in [6.07, 6.45) is -4.31. The number of carbonyl (C=O) groups is 1. The van der Waals surface area contributed by atoms with Gasteiger partial charge in [0.1, 0.15) is 6.54 Å². The number of hydrogen-bond donors (Lipinski definition) is 0. The van der Waals surface area contributed by atoms with Gasteiger partial charge in [0.2, 0.25) is 0 Å². The van der Waals surface area contributed by atoms with Crippen LogP contribution in [0.15, 0.2) is 22.7 Å². The van der Waals surface area contributed by atoms with Crippen molar-refractivity contribution in [3.8, 4) is 0 Å². The highest BCUT2D eigenvalue weighted by molar-refractivity contribution is 9.10. The number of Topliss-reactive ketones (excluding diaryl/α,β-unsaturated/α-hetero) is 1. The highest BCUT2D eigenvalue weighted by Crippen LogP contribution is 2.29. The highest BCUT2D eigenvalue weighted by Gasteiger charge is 2.33. The van der Waals surface area contributed by atoms with E-state index < -0.39 is 12.7 Å². The maximum absolute atomic E-state index is 12.6. The molecule has 2 nitrogen and oxygen atoms in total. The minimum Gasteiger partial charge on any atom is -0.359 e. The summed E-state index contributed by atoms with van der Waals surface area (Å²) >= 11 is 3.22. The zero-order chi connectivity index (χ0) is 14.8. The molecule has 0 heterocycles. The van der Waals surface area contributed by atoms with E-state index in [4.69, 9.17) is 0 Å². The molecule has 106 valence electrons. The van der Waals surface area contributed by atoms with Crippen LogP contribution in [-0.4, -0.2) is 24.5 Å². The molecule has 0 amide bonds. The van der Waals surface area contributed by atoms with Gasteiger partial charge in [0.05, 0.1) is 0 Å². The predicted octanol–water partition coefficient (Wildman–Crippen LogP) is 4.43. The minimum atomic E-state index is -4.31. The maximum Gasteiger partial charge on any atom is 0.405 e. The summed E-state index contributed by atoms with van der Waals surface area (Å²) in [5, 5.41) is 0. The fraction of sp³-hybridized carbons (Fsp3) is 0.462. The van der Waals surface area contributed by atoms with Crippen LogP contribution in [0.2, 0.25) is 0 Å². The van der Waals surface area contributed by atoms with Gasteiger partial charge in [0.15, 0.2) is 5.78 Å². The Morgan fingerprint density at radius 1 is 1.37 bits per heavy atom. The molecule has 0 bridgehead atoms. The number of anilines is 1. The molecule has 0 saturated heterocycles. The topological polar surface area (TPSA) is 20.3 Å². The first-order valence-electron chi connectivity index (χ1n) is 5.75. The van der Waals surface area contributed by atoms with Crippen LogP contribution >= 0.6 is 15.9 Å². The van der Waals surface area contributed by atoms with Crippen LogP contribution in [0.25, 0.3) is 0 Å². The van der Waals surface area contributed by atoms with Crippen molar-refractivity contribution in [2.24, 2.45) is 0 Å². The molecular weight excluding hydrogens is 323 g/mol. The average Bonchev–Trinajstić information content (AvgIpc) is 2.24. The number of benzene rings is 1. The first-order valence-corrected chi connectivity index (χ1v) is 6.55. The fourth-order valence-corrected chi connectivity index (χ4v) is 2.14. The normalized spacial score (nSPS) is 11.8. The molecule has 0 radical (unpaired) electrons. The lowest BCUT2D eigenvalue weighted by Crippen LogP contribution is -2.39. The summed E-state index contributed by atoms with van der Waals surface area (Å²) in [6, 6.07) is 4.35. The monoisotopic (exact) mass is 337 g/mol. The van der Waals surface area contributed by atoms with Gasteiger partial charge in [-0.25, -0.2) is 0 Å². The summed E-state index contributed by atoms with van der Waals surface area (Å²) in [7, 11) is 0. The molecule has 1 aromatic rings. The van der Waals surface area contributed by atoms with Crippen molar-refractivity contribution in [2.45, 2.75) is 33.0 Å². The first-order chi connectivity index (χ1) is 8.61. The quantitative estimate of drug-likeness (QED) is 0.757. The third kappa shape index (κ3) is 4.53. The number of rotatable bonds is 4. The van der Waals surface area contributed by atoms with E-state index in [-0.39, 0.29) is 17.4 Å². The summed E-state index contributed by atoms with van der Waals surface area (Å²) in [4.78, 5) is 12.8. The van der Waals surface area contributed by atoms with Crippen molar-refractivity contribution in [1.29, 1.82) is 0 Å². The van der Waals surface area contributed by atoms with Gasteiger partial charge in [-0.3, -0.25) is 4.79 Å². The summed E-state index contributed by atoms with van der Waals surface area (Å²) < 4.78 is 38.5. The van der Waals surface area contributed by atoms with Crippen molar-refractivity contribution in [1.82, 2.24) is 0 Å². The molecule has 0 aliphatic carbocycles. The summed E-state index contributed by atoms with van der Waals surface area (Å²) in [5.41, 5.74) is 0.593. The van der Waals surface area contributed by atoms with Gasteiger partial charge >= 0.3 is 6.18 Å². The zero-order valence-electron chi connectivity index (χ0n) is 10.9. The Labute approximate surface area is 118 Å². The summed E-state index contributed by atoms with van der Waals surface area (Å²) in [6.45, 7) is 3.60. The van der Waals surface area contributed by atoms with E-state index in [0.29, 0.717) is 10.2 Å². The Balaban J connectivity index is 3.27. The molecule has 0 spiro atoms. The lowest BCUT2D eigenvalue weighted by atomic mass is 10.1. The van der Waals surface area contributed by atoms with E-state index in [0.717, 1.165) is 0 Å². The Bertz CT molecular complexity index is 471. The van der Waals surface area contributed by atoms with Crippen LogP contribution in [0.4, 0.5) is 18.9 Å². The standard InChI is InChI=1S/C13H15BrF3NO/c1-8(2)18(7-13(15,16)17)12-5-4-10(14)6-11(12)9(3)19/h4-6,8H,7H2,1-3H3. The number of ketones is 1. The molecule has 0 aromatic heterocycles. The van der Waals surface area contributed by atoms with Gasteiger partial charge in [-0.05, 0) is 39.0 Å². The van der Waals surface area contributed by atoms with E-state index in [2.05, 4.69) is 15.9 Å². The smallest absolute Gasteiger partial charge is 0.359 e. The third-order valence-corrected chi connectivity index (χ3v) is 3.11. The fourth-order valence-electron chi connectivity index (χ4n) is 1.78. The number of carbonyl (C=O) groups excluding carboxylic acids is 1. The number of nitrogens with zero attached hydrogens (tertiary/aromatic N) is 1. The molecule has 19 heavy (non-hydrogen) atoms. The van der Waals surface area contributed by atoms with E-state index in [1.54, 1.807) is 26.0 Å². The molecular formula is C13H15BrF3NO. The second-order valence-electron chi connectivity index (χ2n) is 4.55. The van der Waals surface area contributed by atoms with E-state index >= 15 is 0 Å². The van der Waals surface area contributed by atoms with Crippen LogP contribution in [0.1, 0.15) is 31.1 Å². The van der Waals surface area contributed by atoms with E-state index in [9.17, 15) is 18.0 Å². The Morgan fingerprint density at radius 2 is 1.95 bits per heavy atom. The zero-order valence-corrected chi connectivity index (χ0v) is 12.5. The molecule has 6 heteroatoms. The highest BCUT2D eigenvalue weighted by atomic mass is 79.9. The largest absolute Gasteiger partial charge is 0.405 e. The Kier molecular flexibility index (Phi) is 5.01. The lowest BCUT2D eigenvalue weighted by molar-refractivity contribution is -0.120. The van der Waals surface area contributed by atoms with E-state index in [1.165, 1.54) is 17.9 Å². The van der Waals surface area contributed by atoms with Crippen LogP contribution in [0.3, 0.4) is 0 Å². The molecule has 0 saturated carbocycles. The minimum absolute atomic E-state index is 0.260. The van der Waals surface area contributed by atoms with E-state index in [1.807, 2.05) is 0 Å². The van der Waals surface area contributed by atoms with Gasteiger partial charge in [-0.15, -0.1) is 0 Å². The third-order valence-electron chi connectivity index (χ3n) is 2.62. The van der Waals surface area contributed by atoms with Gasteiger partial charge in [0, 0.05) is 21.8 Å². The maximum atomic E-state index is 12.6. The Morgan fingerprint density at radius 3 is 2.37 bits per heavy atom. The number of halogens is 4. The number of alkyl halides is 3. The second kappa shape index (κ2) is 5.94. The molecule has 0 aliphatic rings. The molecule has 1 aromatic carbocycles. The predicted molar refractivity (Wildman–Crippen MR) is 72.7 cm³/mol. The Hall–Kier alpha value is -1.04. The first kappa shape index (κ1) is 16.0. The molecule has 0 aliphatic heterocycles. The number of hydrogen-bond acceptors (Lipinski definition) is 2. The van der Waals surface area contributed by atoms with Crippen molar-refractivity contribution < 1.29 is 18.0 Å². The molecule has 0 fully saturated rings. The van der Waals surface area contributed by atoms with Crippen LogP contribution < -0.4 is 4.90 Å². The SMILES string of the molecule is CC(=O)c1cc(Br)ccc1N(CC(F)(F)F)C(C)C. The van der Waals surface area contributed by atoms with Crippen molar-refractivity contribution in [2.75, 3.05) is 11.4 Å². The van der Waals surface area contributed by atoms with Crippen LogP contribution in [-0.2, 0) is 0 Å². The van der Waals surface area contributed by atoms with Gasteiger partial charge in [0.25, 0.3) is 0 Å². The molecule has 0 atom stereocenters. The van der Waals surface area contributed by atoms with Crippen molar-refractivity contribution >= 4 is 27.4 Å². The molecule has 0 unspecified atom stereocenters. The molecule has 1 rings (SSSR count). The van der Waals surface area contributed by atoms with Gasteiger partial charge in [-0.1, -0.05) is 15.9 Å². The molecule has 0 N–H and O–H groups in total. The van der Waals surface area contributed by atoms with Crippen molar-refractivity contribution in [3.05, 3.63) is 28.2 Å². The van der Waals surface area contributed by atoms with Crippen LogP contribution in [0.5, 0.6) is 0 Å². The van der Waals surface area contributed by atoms with Crippen molar-refractivity contribution in [3.63, 3.8) is 0 Å². The van der Waals surface area contributed by atoms with Gasteiger partial charge in [-0.2, -0.15) is 13.2 Å².